The fraction of sp³-hybridized carbons (Fsp3) is 0.417. The lowest BCUT2D eigenvalue weighted by atomic mass is 9.75. The molecule has 26 heavy (non-hydrogen) atoms. The Kier molecular flexibility index (Phi) is 3.73. The topological polar surface area (TPSA) is 12.5 Å². The highest BCUT2D eigenvalue weighted by molar-refractivity contribution is 5.79. The molecule has 0 saturated heterocycles. The first-order valence-corrected chi connectivity index (χ1v) is 9.50. The van der Waals surface area contributed by atoms with Crippen molar-refractivity contribution in [2.24, 2.45) is 5.41 Å². The number of aryl methyl sites for hydroxylation is 1. The van der Waals surface area contributed by atoms with Gasteiger partial charge >= 0.3 is 0 Å². The summed E-state index contributed by atoms with van der Waals surface area (Å²) in [6.45, 7) is 17.5. The van der Waals surface area contributed by atoms with Crippen LogP contribution in [0.25, 0.3) is 5.70 Å². The lowest BCUT2D eigenvalue weighted by Crippen LogP contribution is -2.45. The van der Waals surface area contributed by atoms with Crippen LogP contribution in [0.5, 0.6) is 5.75 Å². The van der Waals surface area contributed by atoms with Gasteiger partial charge in [0.15, 0.2) is 0 Å². The van der Waals surface area contributed by atoms with E-state index in [1.165, 1.54) is 35.2 Å². The van der Waals surface area contributed by atoms with Crippen molar-refractivity contribution in [3.05, 3.63) is 71.0 Å². The minimum atomic E-state index is 0.268. The Morgan fingerprint density at radius 2 is 2.04 bits per heavy atom. The fourth-order valence-electron chi connectivity index (χ4n) is 5.17. The first kappa shape index (κ1) is 17.2. The molecule has 136 valence electrons. The molecule has 1 fully saturated rings. The molecule has 1 saturated carbocycles. The van der Waals surface area contributed by atoms with E-state index in [-0.39, 0.29) is 5.41 Å². The molecule has 2 aliphatic heterocycles. The summed E-state index contributed by atoms with van der Waals surface area (Å²) < 4.78 is 5.63. The Bertz CT molecular complexity index is 884. The number of hydrogen-bond donors (Lipinski definition) is 0. The minimum Gasteiger partial charge on any atom is -0.496 e. The molecule has 1 aliphatic carbocycles. The van der Waals surface area contributed by atoms with Gasteiger partial charge in [-0.05, 0) is 72.1 Å². The van der Waals surface area contributed by atoms with Crippen LogP contribution in [0.4, 0.5) is 0 Å². The quantitative estimate of drug-likeness (QED) is 0.654. The maximum absolute atomic E-state index is 5.63. The van der Waals surface area contributed by atoms with Crippen LogP contribution < -0.4 is 4.74 Å². The predicted molar refractivity (Wildman–Crippen MR) is 109 cm³/mol. The van der Waals surface area contributed by atoms with Crippen LogP contribution in [0.15, 0.2) is 54.3 Å². The van der Waals surface area contributed by atoms with Crippen molar-refractivity contribution >= 4 is 5.70 Å². The summed E-state index contributed by atoms with van der Waals surface area (Å²) in [4.78, 5) is 2.51. The maximum Gasteiger partial charge on any atom is 0.122 e. The van der Waals surface area contributed by atoms with Gasteiger partial charge in [0.25, 0.3) is 0 Å². The van der Waals surface area contributed by atoms with Crippen LogP contribution in [0.3, 0.4) is 0 Å². The zero-order chi connectivity index (χ0) is 18.8. The SMILES string of the molecule is C=C(C)C1=CN2C(=CC1=C)c1cc(OC)c(C)cc1C1CCC(C)(C)C12. The number of hydrogen-bond acceptors (Lipinski definition) is 2. The van der Waals surface area contributed by atoms with Crippen LogP contribution in [0, 0.1) is 12.3 Å². The standard InChI is InChI=1S/C24H29NO/c1-14(2)20-13-25-21(11-15(20)3)19-12-22(26-7)16(4)10-18(19)17-8-9-24(5,6)23(17)25/h10-13,17,23H,1,3,8-9H2,2,4-7H3. The first-order valence-electron chi connectivity index (χ1n) is 9.50. The van der Waals surface area contributed by atoms with Gasteiger partial charge in [-0.15, -0.1) is 0 Å². The molecule has 0 aromatic heterocycles. The third-order valence-corrected chi connectivity index (χ3v) is 6.49. The van der Waals surface area contributed by atoms with Crippen LogP contribution in [0.1, 0.15) is 56.2 Å². The van der Waals surface area contributed by atoms with Crippen molar-refractivity contribution in [2.75, 3.05) is 7.11 Å². The minimum absolute atomic E-state index is 0.268. The number of rotatable bonds is 2. The van der Waals surface area contributed by atoms with E-state index in [1.807, 2.05) is 0 Å². The third-order valence-electron chi connectivity index (χ3n) is 6.49. The number of fused-ring (bicyclic) bond motifs is 6. The van der Waals surface area contributed by atoms with Crippen molar-refractivity contribution in [1.82, 2.24) is 4.90 Å². The van der Waals surface area contributed by atoms with Crippen LogP contribution in [-0.2, 0) is 0 Å². The molecular weight excluding hydrogens is 318 g/mol. The van der Waals surface area contributed by atoms with E-state index in [0.29, 0.717) is 12.0 Å². The normalized spacial score (nSPS) is 25.7. The van der Waals surface area contributed by atoms with E-state index < -0.39 is 0 Å². The van der Waals surface area contributed by atoms with E-state index in [9.17, 15) is 0 Å². The lowest BCUT2D eigenvalue weighted by molar-refractivity contribution is 0.194. The van der Waals surface area contributed by atoms with Gasteiger partial charge in [-0.1, -0.05) is 33.1 Å². The predicted octanol–water partition coefficient (Wildman–Crippen LogP) is 5.96. The summed E-state index contributed by atoms with van der Waals surface area (Å²) in [5.74, 6) is 1.51. The van der Waals surface area contributed by atoms with Gasteiger partial charge in [0.05, 0.1) is 7.11 Å². The van der Waals surface area contributed by atoms with E-state index in [0.717, 1.165) is 22.5 Å². The third kappa shape index (κ3) is 2.31. The number of ether oxygens (including phenoxy) is 1. The second-order valence-electron chi connectivity index (χ2n) is 8.77. The summed E-state index contributed by atoms with van der Waals surface area (Å²) in [6.07, 6.45) is 7.01. The smallest absolute Gasteiger partial charge is 0.122 e. The number of nitrogens with zero attached hydrogens (tertiary/aromatic N) is 1. The molecule has 2 atom stereocenters. The van der Waals surface area contributed by atoms with Crippen LogP contribution >= 0.6 is 0 Å². The Hall–Kier alpha value is -2.22. The summed E-state index contributed by atoms with van der Waals surface area (Å²) in [7, 11) is 1.75. The summed E-state index contributed by atoms with van der Waals surface area (Å²) >= 11 is 0. The number of benzene rings is 1. The molecule has 0 amide bonds. The Morgan fingerprint density at radius 3 is 2.69 bits per heavy atom. The molecule has 2 unspecified atom stereocenters. The van der Waals surface area contributed by atoms with Crippen LogP contribution in [-0.4, -0.2) is 18.1 Å². The van der Waals surface area contributed by atoms with E-state index in [4.69, 9.17) is 4.74 Å². The number of methoxy groups -OCH3 is 1. The average molecular weight is 348 g/mol. The average Bonchev–Trinajstić information content (AvgIpc) is 2.89. The monoisotopic (exact) mass is 347 g/mol. The zero-order valence-corrected chi connectivity index (χ0v) is 16.6. The van der Waals surface area contributed by atoms with Gasteiger partial charge in [-0.3, -0.25) is 0 Å². The molecule has 0 bridgehead atoms. The highest BCUT2D eigenvalue weighted by Gasteiger charge is 2.50. The van der Waals surface area contributed by atoms with Gasteiger partial charge in [-0.2, -0.15) is 0 Å². The molecule has 0 radical (unpaired) electrons. The lowest BCUT2D eigenvalue weighted by Gasteiger charge is -2.47. The summed E-state index contributed by atoms with van der Waals surface area (Å²) in [6, 6.07) is 5.04. The van der Waals surface area contributed by atoms with E-state index >= 15 is 0 Å². The zero-order valence-electron chi connectivity index (χ0n) is 16.6. The first-order chi connectivity index (χ1) is 12.2. The second-order valence-corrected chi connectivity index (χ2v) is 8.77. The molecule has 0 N–H and O–H groups in total. The molecule has 1 aromatic rings. The Balaban J connectivity index is 1.97. The molecule has 3 aliphatic rings. The van der Waals surface area contributed by atoms with Crippen LogP contribution in [0.2, 0.25) is 0 Å². The fourth-order valence-corrected chi connectivity index (χ4v) is 5.17. The molecule has 4 rings (SSSR count). The second kappa shape index (κ2) is 5.64. The van der Waals surface area contributed by atoms with Crippen molar-refractivity contribution < 1.29 is 4.74 Å². The van der Waals surface area contributed by atoms with Gasteiger partial charge in [-0.25, -0.2) is 0 Å². The van der Waals surface area contributed by atoms with Gasteiger partial charge in [0.1, 0.15) is 5.75 Å². The summed E-state index contributed by atoms with van der Waals surface area (Å²) in [5.41, 5.74) is 8.79. The Morgan fingerprint density at radius 1 is 1.31 bits per heavy atom. The van der Waals surface area contributed by atoms with E-state index in [2.05, 4.69) is 70.2 Å². The van der Waals surface area contributed by atoms with E-state index in [1.54, 1.807) is 7.11 Å². The molecule has 2 heteroatoms. The van der Waals surface area contributed by atoms with Gasteiger partial charge in [0, 0.05) is 29.4 Å². The highest BCUT2D eigenvalue weighted by atomic mass is 16.5. The van der Waals surface area contributed by atoms with Crippen molar-refractivity contribution in [3.8, 4) is 5.75 Å². The van der Waals surface area contributed by atoms with Crippen molar-refractivity contribution in [2.45, 2.75) is 52.5 Å². The molecule has 2 nitrogen and oxygen atoms in total. The van der Waals surface area contributed by atoms with Gasteiger partial charge < -0.3 is 9.64 Å². The molecular formula is C24H29NO. The van der Waals surface area contributed by atoms with Gasteiger partial charge in [0.2, 0.25) is 0 Å². The molecule has 1 aromatic carbocycles. The number of allylic oxidation sites excluding steroid dienone is 4. The Labute approximate surface area is 157 Å². The highest BCUT2D eigenvalue weighted by Crippen LogP contribution is 2.57. The van der Waals surface area contributed by atoms with Crippen molar-refractivity contribution in [1.29, 1.82) is 0 Å². The maximum atomic E-state index is 5.63. The summed E-state index contributed by atoms with van der Waals surface area (Å²) in [5, 5.41) is 0. The van der Waals surface area contributed by atoms with Crippen molar-refractivity contribution in [3.63, 3.8) is 0 Å². The molecule has 2 heterocycles. The molecule has 0 spiro atoms. The largest absolute Gasteiger partial charge is 0.496 e.